The van der Waals surface area contributed by atoms with Crippen LogP contribution >= 0.6 is 24.0 Å². The molecule has 0 radical (unpaired) electrons. The lowest BCUT2D eigenvalue weighted by Gasteiger charge is -2.39. The summed E-state index contributed by atoms with van der Waals surface area (Å²) in [6.45, 7) is 11.4. The number of carbonyl (C=O) groups excluding carboxylic acids is 1. The molecule has 2 saturated heterocycles. The van der Waals surface area contributed by atoms with Crippen molar-refractivity contribution in [1.29, 1.82) is 0 Å². The summed E-state index contributed by atoms with van der Waals surface area (Å²) in [5, 5.41) is 7.03. The molecular weight excluding hydrogens is 529 g/mol. The summed E-state index contributed by atoms with van der Waals surface area (Å²) in [6.07, 6.45) is 4.02. The lowest BCUT2D eigenvalue weighted by molar-refractivity contribution is -0.128. The summed E-state index contributed by atoms with van der Waals surface area (Å²) >= 11 is 0. The monoisotopic (exact) mass is 571 g/mol. The Morgan fingerprint density at radius 1 is 1.12 bits per heavy atom. The van der Waals surface area contributed by atoms with Gasteiger partial charge in [-0.25, -0.2) is 0 Å². The third-order valence-corrected chi connectivity index (χ3v) is 6.81. The number of halogens is 1. The molecule has 33 heavy (non-hydrogen) atoms. The van der Waals surface area contributed by atoms with E-state index in [2.05, 4.69) is 58.6 Å². The molecule has 0 aromatic heterocycles. The van der Waals surface area contributed by atoms with Gasteiger partial charge in [0.15, 0.2) is 5.96 Å². The molecule has 1 aromatic carbocycles. The largest absolute Gasteiger partial charge is 0.379 e. The molecule has 0 spiro atoms. The predicted molar refractivity (Wildman–Crippen MR) is 145 cm³/mol. The van der Waals surface area contributed by atoms with Crippen molar-refractivity contribution in [1.82, 2.24) is 20.4 Å². The molecule has 0 aliphatic carbocycles. The number of amides is 1. The summed E-state index contributed by atoms with van der Waals surface area (Å²) in [5.74, 6) is 1.75. The van der Waals surface area contributed by atoms with E-state index < -0.39 is 0 Å². The number of aliphatic imine (C=N–C) groups is 1. The Balaban J connectivity index is 0.00000385. The number of ether oxygens (including phenoxy) is 1. The first-order chi connectivity index (χ1) is 15.6. The second-order valence-corrected chi connectivity index (χ2v) is 8.84. The number of hydrogen-bond acceptors (Lipinski definition) is 4. The average molecular weight is 572 g/mol. The lowest BCUT2D eigenvalue weighted by Crippen LogP contribution is -2.53. The highest BCUT2D eigenvalue weighted by molar-refractivity contribution is 14.0. The summed E-state index contributed by atoms with van der Waals surface area (Å²) in [7, 11) is 1.83. The molecule has 2 heterocycles. The van der Waals surface area contributed by atoms with E-state index >= 15 is 0 Å². The number of nitrogens with one attached hydrogen (secondary N) is 2. The molecule has 1 atom stereocenters. The van der Waals surface area contributed by atoms with Gasteiger partial charge in [0, 0.05) is 58.8 Å². The number of morpholine rings is 1. The SMILES string of the molecule is CCC(CC)C(CNC(=NC)NCc1cccc(CN2CCCC2=O)c1)N1CCOCC1.I. The Kier molecular flexibility index (Phi) is 12.5. The predicted octanol–water partition coefficient (Wildman–Crippen LogP) is 3.23. The topological polar surface area (TPSA) is 69.2 Å². The average Bonchev–Trinajstić information content (AvgIpc) is 3.23. The number of benzene rings is 1. The second kappa shape index (κ2) is 14.8. The fourth-order valence-electron chi connectivity index (χ4n) is 4.87. The van der Waals surface area contributed by atoms with Gasteiger partial charge in [-0.15, -0.1) is 24.0 Å². The van der Waals surface area contributed by atoms with E-state index in [4.69, 9.17) is 4.74 Å². The van der Waals surface area contributed by atoms with Crippen LogP contribution in [0, 0.1) is 5.92 Å². The van der Waals surface area contributed by atoms with Crippen LogP contribution in [0.4, 0.5) is 0 Å². The maximum Gasteiger partial charge on any atom is 0.222 e. The molecule has 1 unspecified atom stereocenters. The smallest absolute Gasteiger partial charge is 0.222 e. The van der Waals surface area contributed by atoms with E-state index in [1.165, 1.54) is 24.0 Å². The highest BCUT2D eigenvalue weighted by atomic mass is 127. The molecule has 1 aromatic rings. The summed E-state index contributed by atoms with van der Waals surface area (Å²) in [6, 6.07) is 8.96. The van der Waals surface area contributed by atoms with Crippen molar-refractivity contribution in [2.24, 2.45) is 10.9 Å². The highest BCUT2D eigenvalue weighted by Gasteiger charge is 2.27. The molecule has 0 saturated carbocycles. The number of likely N-dealkylation sites (tertiary alicyclic amines) is 1. The zero-order chi connectivity index (χ0) is 22.8. The maximum absolute atomic E-state index is 11.9. The van der Waals surface area contributed by atoms with Crippen LogP contribution in [-0.2, 0) is 22.6 Å². The van der Waals surface area contributed by atoms with Gasteiger partial charge in [0.1, 0.15) is 0 Å². The van der Waals surface area contributed by atoms with Gasteiger partial charge in [-0.1, -0.05) is 51.0 Å². The van der Waals surface area contributed by atoms with E-state index in [1.807, 2.05) is 11.9 Å². The van der Waals surface area contributed by atoms with Gasteiger partial charge in [0.2, 0.25) is 5.91 Å². The van der Waals surface area contributed by atoms with E-state index in [-0.39, 0.29) is 29.9 Å². The van der Waals surface area contributed by atoms with Crippen LogP contribution < -0.4 is 10.6 Å². The maximum atomic E-state index is 11.9. The van der Waals surface area contributed by atoms with Crippen LogP contribution in [0.2, 0.25) is 0 Å². The van der Waals surface area contributed by atoms with Crippen molar-refractivity contribution in [2.45, 2.75) is 58.7 Å². The summed E-state index contributed by atoms with van der Waals surface area (Å²) < 4.78 is 5.57. The number of carbonyl (C=O) groups is 1. The summed E-state index contributed by atoms with van der Waals surface area (Å²) in [5.41, 5.74) is 2.38. The molecule has 0 bridgehead atoms. The van der Waals surface area contributed by atoms with Gasteiger partial charge in [-0.2, -0.15) is 0 Å². The van der Waals surface area contributed by atoms with Gasteiger partial charge in [-0.05, 0) is 23.5 Å². The van der Waals surface area contributed by atoms with Gasteiger partial charge in [0.05, 0.1) is 13.2 Å². The zero-order valence-corrected chi connectivity index (χ0v) is 22.8. The third kappa shape index (κ3) is 8.40. The number of hydrogen-bond donors (Lipinski definition) is 2. The zero-order valence-electron chi connectivity index (χ0n) is 20.5. The first kappa shape index (κ1) is 27.9. The quantitative estimate of drug-likeness (QED) is 0.257. The lowest BCUT2D eigenvalue weighted by atomic mass is 9.92. The van der Waals surface area contributed by atoms with Gasteiger partial charge >= 0.3 is 0 Å². The minimum absolute atomic E-state index is 0. The Labute approximate surface area is 216 Å². The Morgan fingerprint density at radius 2 is 1.85 bits per heavy atom. The third-order valence-electron chi connectivity index (χ3n) is 6.81. The minimum Gasteiger partial charge on any atom is -0.379 e. The van der Waals surface area contributed by atoms with Crippen molar-refractivity contribution in [2.75, 3.05) is 46.4 Å². The molecular formula is C25H42IN5O2. The number of rotatable bonds is 10. The fourth-order valence-corrected chi connectivity index (χ4v) is 4.87. The Bertz CT molecular complexity index is 750. The Hall–Kier alpha value is -1.39. The molecule has 2 aliphatic heterocycles. The molecule has 2 N–H and O–H groups in total. The van der Waals surface area contributed by atoms with Crippen molar-refractivity contribution in [3.8, 4) is 0 Å². The van der Waals surface area contributed by atoms with E-state index in [0.29, 0.717) is 31.5 Å². The standard InChI is InChI=1S/C25H41N5O2.HI/c1-4-22(5-2)23(29-12-14-32-15-13-29)18-28-25(26-3)27-17-20-8-6-9-21(16-20)19-30-11-7-10-24(30)31;/h6,8-9,16,22-23H,4-5,7,10-15,17-19H2,1-3H3,(H2,26,27,28);1H. The normalized spacial score (nSPS) is 18.4. The van der Waals surface area contributed by atoms with Gasteiger partial charge in [0.25, 0.3) is 0 Å². The molecule has 7 nitrogen and oxygen atoms in total. The minimum atomic E-state index is 0. The van der Waals surface area contributed by atoms with Crippen molar-refractivity contribution in [3.05, 3.63) is 35.4 Å². The molecule has 2 fully saturated rings. The number of guanidine groups is 1. The van der Waals surface area contributed by atoms with Crippen LogP contribution in [0.25, 0.3) is 0 Å². The Morgan fingerprint density at radius 3 is 2.48 bits per heavy atom. The van der Waals surface area contributed by atoms with Gasteiger partial charge < -0.3 is 20.3 Å². The van der Waals surface area contributed by atoms with Crippen LogP contribution in [0.1, 0.15) is 50.7 Å². The van der Waals surface area contributed by atoms with Crippen LogP contribution in [0.3, 0.4) is 0 Å². The van der Waals surface area contributed by atoms with Crippen molar-refractivity contribution < 1.29 is 9.53 Å². The molecule has 3 rings (SSSR count). The molecule has 8 heteroatoms. The molecule has 2 aliphatic rings. The first-order valence-corrected chi connectivity index (χ1v) is 12.3. The van der Waals surface area contributed by atoms with Crippen molar-refractivity contribution in [3.63, 3.8) is 0 Å². The van der Waals surface area contributed by atoms with Crippen LogP contribution in [0.15, 0.2) is 29.3 Å². The number of nitrogens with zero attached hydrogens (tertiary/aromatic N) is 3. The van der Waals surface area contributed by atoms with Gasteiger partial charge in [-0.3, -0.25) is 14.7 Å². The van der Waals surface area contributed by atoms with E-state index in [1.54, 1.807) is 0 Å². The highest BCUT2D eigenvalue weighted by Crippen LogP contribution is 2.20. The van der Waals surface area contributed by atoms with Crippen LogP contribution in [0.5, 0.6) is 0 Å². The fraction of sp³-hybridized carbons (Fsp3) is 0.680. The van der Waals surface area contributed by atoms with Crippen molar-refractivity contribution >= 4 is 35.8 Å². The summed E-state index contributed by atoms with van der Waals surface area (Å²) in [4.78, 5) is 20.9. The van der Waals surface area contributed by atoms with E-state index in [9.17, 15) is 4.79 Å². The second-order valence-electron chi connectivity index (χ2n) is 8.84. The van der Waals surface area contributed by atoms with E-state index in [0.717, 1.165) is 51.8 Å². The first-order valence-electron chi connectivity index (χ1n) is 12.3. The van der Waals surface area contributed by atoms with Crippen LogP contribution in [-0.4, -0.2) is 74.1 Å². The molecule has 1 amide bonds. The molecule has 186 valence electrons.